The zero-order chi connectivity index (χ0) is 30.2. The molecule has 1 fully saturated rings. The van der Waals surface area contributed by atoms with Gasteiger partial charge in [-0.15, -0.1) is 0 Å². The Hall–Kier alpha value is -4.21. The zero-order valence-electron chi connectivity index (χ0n) is 24.6. The van der Waals surface area contributed by atoms with Crippen LogP contribution < -0.4 is 5.32 Å². The van der Waals surface area contributed by atoms with Crippen LogP contribution in [0, 0.1) is 11.3 Å². The minimum Gasteiger partial charge on any atom is -0.488 e. The summed E-state index contributed by atoms with van der Waals surface area (Å²) >= 11 is 0. The van der Waals surface area contributed by atoms with E-state index in [0.29, 0.717) is 47.6 Å². The van der Waals surface area contributed by atoms with Gasteiger partial charge >= 0.3 is 5.97 Å². The second-order valence-corrected chi connectivity index (χ2v) is 10.7. The predicted molar refractivity (Wildman–Crippen MR) is 164 cm³/mol. The summed E-state index contributed by atoms with van der Waals surface area (Å²) in [6, 6.07) is 12.4. The molecule has 3 N–H and O–H groups in total. The SMILES string of the molecule is C=C/C(=C(/OCc1ccc2c(c1)CCN(C1CCOCC1C)C2)C(=C)C)c1cccc(N/C(OC)=C(\C=N)C(=O)O)n1. The fourth-order valence-corrected chi connectivity index (χ4v) is 5.54. The number of allylic oxidation sites excluding steroid dienone is 3. The molecule has 4 rings (SSSR count). The molecule has 2 unspecified atom stereocenters. The Morgan fingerprint density at radius 3 is 2.79 bits per heavy atom. The van der Waals surface area contributed by atoms with Crippen molar-refractivity contribution in [1.82, 2.24) is 9.88 Å². The second-order valence-electron chi connectivity index (χ2n) is 10.7. The molecule has 2 aliphatic rings. The van der Waals surface area contributed by atoms with E-state index in [-0.39, 0.29) is 11.5 Å². The third kappa shape index (κ3) is 7.16. The average molecular weight is 573 g/mol. The van der Waals surface area contributed by atoms with Crippen LogP contribution in [0.2, 0.25) is 0 Å². The van der Waals surface area contributed by atoms with Crippen LogP contribution in [0.4, 0.5) is 5.82 Å². The average Bonchev–Trinajstić information content (AvgIpc) is 2.98. The minimum atomic E-state index is -1.29. The van der Waals surface area contributed by atoms with Crippen molar-refractivity contribution in [2.75, 3.05) is 32.2 Å². The number of aliphatic carboxylic acids is 1. The van der Waals surface area contributed by atoms with Gasteiger partial charge < -0.3 is 30.0 Å². The molecular formula is C33H40N4O5. The number of aromatic nitrogens is 1. The van der Waals surface area contributed by atoms with Crippen molar-refractivity contribution < 1.29 is 24.1 Å². The number of carboxylic acids is 1. The third-order valence-electron chi connectivity index (χ3n) is 7.69. The van der Waals surface area contributed by atoms with Crippen molar-refractivity contribution in [3.63, 3.8) is 0 Å². The maximum absolute atomic E-state index is 11.5. The topological polar surface area (TPSA) is 117 Å². The van der Waals surface area contributed by atoms with E-state index in [1.807, 2.05) is 13.0 Å². The molecule has 1 aromatic heterocycles. The Labute approximate surface area is 247 Å². The molecule has 2 aliphatic heterocycles. The number of pyridine rings is 1. The van der Waals surface area contributed by atoms with Gasteiger partial charge in [-0.1, -0.05) is 50.4 Å². The first-order chi connectivity index (χ1) is 20.2. The van der Waals surface area contributed by atoms with E-state index < -0.39 is 5.97 Å². The molecule has 1 aromatic carbocycles. The van der Waals surface area contributed by atoms with Crippen molar-refractivity contribution >= 4 is 23.6 Å². The minimum absolute atomic E-state index is 0.0968. The number of anilines is 1. The highest BCUT2D eigenvalue weighted by molar-refractivity contribution is 6.08. The number of carbonyl (C=O) groups is 1. The van der Waals surface area contributed by atoms with E-state index in [1.165, 1.54) is 18.2 Å². The first-order valence-electron chi connectivity index (χ1n) is 14.1. The van der Waals surface area contributed by atoms with E-state index >= 15 is 0 Å². The van der Waals surface area contributed by atoms with E-state index in [0.717, 1.165) is 50.3 Å². The fraction of sp³-hybridized carbons (Fsp3) is 0.364. The third-order valence-corrected chi connectivity index (χ3v) is 7.69. The van der Waals surface area contributed by atoms with E-state index in [2.05, 4.69) is 53.5 Å². The normalized spacial score (nSPS) is 19.9. The molecule has 0 spiro atoms. The zero-order valence-corrected chi connectivity index (χ0v) is 24.6. The molecule has 2 aromatic rings. The number of rotatable bonds is 12. The van der Waals surface area contributed by atoms with Crippen LogP contribution in [0.5, 0.6) is 0 Å². The lowest BCUT2D eigenvalue weighted by Gasteiger charge is -2.41. The summed E-state index contributed by atoms with van der Waals surface area (Å²) in [5.74, 6) is 0.0707. The Morgan fingerprint density at radius 2 is 2.12 bits per heavy atom. The summed E-state index contributed by atoms with van der Waals surface area (Å²) in [4.78, 5) is 18.7. The number of nitrogens with zero attached hydrogens (tertiary/aromatic N) is 2. The molecule has 0 saturated carbocycles. The number of fused-ring (bicyclic) bond motifs is 1. The van der Waals surface area contributed by atoms with E-state index in [9.17, 15) is 9.90 Å². The van der Waals surface area contributed by atoms with Gasteiger partial charge in [0, 0.05) is 37.5 Å². The molecule has 1 saturated heterocycles. The lowest BCUT2D eigenvalue weighted by Crippen LogP contribution is -2.46. The van der Waals surface area contributed by atoms with Gasteiger partial charge in [0.05, 0.1) is 19.4 Å². The van der Waals surface area contributed by atoms with Crippen LogP contribution in [-0.2, 0) is 38.6 Å². The monoisotopic (exact) mass is 572 g/mol. The Bertz CT molecular complexity index is 1410. The number of hydrogen-bond donors (Lipinski definition) is 3. The second kappa shape index (κ2) is 14.1. The first-order valence-corrected chi connectivity index (χ1v) is 14.1. The Morgan fingerprint density at radius 1 is 1.31 bits per heavy atom. The highest BCUT2D eigenvalue weighted by Gasteiger charge is 2.30. The molecule has 222 valence electrons. The number of methoxy groups -OCH3 is 1. The molecule has 0 bridgehead atoms. The van der Waals surface area contributed by atoms with Crippen molar-refractivity contribution in [2.45, 2.75) is 45.9 Å². The molecule has 2 atom stereocenters. The number of carboxylic acid groups (broad SMARTS) is 1. The number of ether oxygens (including phenoxy) is 3. The van der Waals surface area contributed by atoms with Gasteiger partial charge in [0.15, 0.2) is 0 Å². The van der Waals surface area contributed by atoms with Gasteiger partial charge in [-0.3, -0.25) is 4.90 Å². The maximum Gasteiger partial charge on any atom is 0.342 e. The van der Waals surface area contributed by atoms with Gasteiger partial charge in [0.1, 0.15) is 23.8 Å². The van der Waals surface area contributed by atoms with Crippen LogP contribution in [-0.4, -0.2) is 60.1 Å². The lowest BCUT2D eigenvalue weighted by atomic mass is 9.91. The molecule has 9 nitrogen and oxygen atoms in total. The molecule has 42 heavy (non-hydrogen) atoms. The summed E-state index contributed by atoms with van der Waals surface area (Å²) in [7, 11) is 1.32. The Balaban J connectivity index is 1.52. The lowest BCUT2D eigenvalue weighted by molar-refractivity contribution is -0.132. The van der Waals surface area contributed by atoms with Gasteiger partial charge in [0.2, 0.25) is 5.88 Å². The van der Waals surface area contributed by atoms with E-state index in [4.69, 9.17) is 19.6 Å². The summed E-state index contributed by atoms with van der Waals surface area (Å²) in [6.45, 7) is 16.3. The molecule has 0 amide bonds. The largest absolute Gasteiger partial charge is 0.488 e. The highest BCUT2D eigenvalue weighted by Crippen LogP contribution is 2.29. The van der Waals surface area contributed by atoms with Crippen molar-refractivity contribution in [3.8, 4) is 0 Å². The van der Waals surface area contributed by atoms with Crippen LogP contribution in [0.25, 0.3) is 5.57 Å². The van der Waals surface area contributed by atoms with Crippen molar-refractivity contribution in [2.24, 2.45) is 5.92 Å². The molecular weight excluding hydrogens is 532 g/mol. The summed E-state index contributed by atoms with van der Waals surface area (Å²) in [6.07, 6.45) is 4.48. The standard InChI is InChI=1S/C33H40N4O5/c1-6-26(28-8-7-9-30(35-28)36-32(40-5)27(17-34)33(38)39)31(21(2)3)42-20-23-10-11-25-18-37(14-12-24(25)16-23)29-13-15-41-19-22(29)4/h6-11,16-17,22,29,34H,1-2,12-15,18-20H2,3-5H3,(H,35,36)(H,38,39)/b31-26-,32-27-,34-17?. The summed E-state index contributed by atoms with van der Waals surface area (Å²) in [5.41, 5.74) is 5.42. The summed E-state index contributed by atoms with van der Waals surface area (Å²) in [5, 5.41) is 19.6. The molecule has 0 radical (unpaired) electrons. The van der Waals surface area contributed by atoms with Crippen molar-refractivity contribution in [1.29, 1.82) is 5.41 Å². The number of hydrogen-bond acceptors (Lipinski definition) is 8. The molecule has 3 heterocycles. The van der Waals surface area contributed by atoms with Crippen LogP contribution in [0.1, 0.15) is 42.7 Å². The van der Waals surface area contributed by atoms with Crippen LogP contribution in [0.3, 0.4) is 0 Å². The van der Waals surface area contributed by atoms with Crippen LogP contribution >= 0.6 is 0 Å². The van der Waals surface area contributed by atoms with Gasteiger partial charge in [0.25, 0.3) is 0 Å². The fourth-order valence-electron chi connectivity index (χ4n) is 5.54. The Kier molecular flexibility index (Phi) is 10.3. The van der Waals surface area contributed by atoms with Crippen LogP contribution in [0.15, 0.2) is 78.4 Å². The first kappa shape index (κ1) is 30.7. The highest BCUT2D eigenvalue weighted by atomic mass is 16.5. The molecule has 9 heteroatoms. The molecule has 0 aliphatic carbocycles. The van der Waals surface area contributed by atoms with Gasteiger partial charge in [-0.25, -0.2) is 9.78 Å². The quantitative estimate of drug-likeness (QED) is 0.131. The smallest absolute Gasteiger partial charge is 0.342 e. The predicted octanol–water partition coefficient (Wildman–Crippen LogP) is 5.56. The number of benzene rings is 1. The van der Waals surface area contributed by atoms with Gasteiger partial charge in [-0.2, -0.15) is 0 Å². The summed E-state index contributed by atoms with van der Waals surface area (Å²) < 4.78 is 17.2. The maximum atomic E-state index is 11.5. The van der Waals surface area contributed by atoms with Gasteiger partial charge in [-0.05, 0) is 60.1 Å². The number of nitrogens with one attached hydrogen (secondary N) is 2. The van der Waals surface area contributed by atoms with E-state index in [1.54, 1.807) is 18.2 Å². The van der Waals surface area contributed by atoms with Crippen molar-refractivity contribution in [3.05, 3.63) is 101 Å².